The molecule has 1 atom stereocenters. The normalized spacial score (nSPS) is 19.5. The quantitative estimate of drug-likeness (QED) is 0.876. The fraction of sp³-hybridized carbons (Fsp3) is 0.538. The van der Waals surface area contributed by atoms with Crippen molar-refractivity contribution in [1.82, 2.24) is 10.3 Å². The number of aromatic nitrogens is 1. The van der Waals surface area contributed by atoms with Crippen molar-refractivity contribution in [2.45, 2.75) is 32.0 Å². The van der Waals surface area contributed by atoms with Crippen molar-refractivity contribution in [3.63, 3.8) is 0 Å². The second-order valence-corrected chi connectivity index (χ2v) is 5.92. The van der Waals surface area contributed by atoms with E-state index in [-0.39, 0.29) is 22.2 Å². The third-order valence-corrected chi connectivity index (χ3v) is 3.70. The van der Waals surface area contributed by atoms with Gasteiger partial charge < -0.3 is 10.2 Å². The van der Waals surface area contributed by atoms with E-state index in [0.717, 1.165) is 12.5 Å². The summed E-state index contributed by atoms with van der Waals surface area (Å²) in [6.07, 6.45) is -1.65. The zero-order valence-corrected chi connectivity index (χ0v) is 13.0. The predicted molar refractivity (Wildman–Crippen MR) is 76.0 cm³/mol. The lowest BCUT2D eigenvalue weighted by Gasteiger charge is -2.35. The van der Waals surface area contributed by atoms with Gasteiger partial charge in [0, 0.05) is 36.7 Å². The van der Waals surface area contributed by atoms with Crippen LogP contribution < -0.4 is 10.2 Å². The summed E-state index contributed by atoms with van der Waals surface area (Å²) in [5, 5.41) is 2.75. The Kier molecular flexibility index (Phi) is 4.75. The molecule has 0 radical (unpaired) electrons. The van der Waals surface area contributed by atoms with Gasteiger partial charge in [0.05, 0.1) is 5.56 Å². The number of rotatable bonds is 2. The molecule has 0 bridgehead atoms. The van der Waals surface area contributed by atoms with Gasteiger partial charge in [-0.25, -0.2) is 4.98 Å². The maximum Gasteiger partial charge on any atom is 0.419 e. The average molecular weight is 366 g/mol. The molecule has 1 unspecified atom stereocenters. The van der Waals surface area contributed by atoms with Gasteiger partial charge in [-0.1, -0.05) is 0 Å². The Labute approximate surface area is 128 Å². The molecule has 1 aliphatic rings. The van der Waals surface area contributed by atoms with Crippen molar-refractivity contribution in [3.8, 4) is 0 Å². The molecule has 1 aliphatic heterocycles. The first-order valence-corrected chi connectivity index (χ1v) is 7.31. The molecule has 1 saturated heterocycles. The third-order valence-electron chi connectivity index (χ3n) is 3.27. The molecule has 1 amide bonds. The van der Waals surface area contributed by atoms with Crippen molar-refractivity contribution in [1.29, 1.82) is 0 Å². The summed E-state index contributed by atoms with van der Waals surface area (Å²) >= 11 is 3.02. The number of pyridine rings is 1. The van der Waals surface area contributed by atoms with E-state index in [1.54, 1.807) is 4.90 Å². The molecule has 4 nitrogen and oxygen atoms in total. The minimum absolute atomic E-state index is 0.0826. The number of halogens is 4. The van der Waals surface area contributed by atoms with E-state index in [0.29, 0.717) is 19.5 Å². The van der Waals surface area contributed by atoms with Gasteiger partial charge in [-0.3, -0.25) is 4.79 Å². The minimum atomic E-state index is -4.47. The number of alkyl halides is 3. The number of carbonyl (C=O) groups excluding carboxylic acids is 1. The van der Waals surface area contributed by atoms with Gasteiger partial charge in [0.25, 0.3) is 0 Å². The molecule has 2 heterocycles. The molecular weight excluding hydrogens is 351 g/mol. The smallest absolute Gasteiger partial charge is 0.354 e. The summed E-state index contributed by atoms with van der Waals surface area (Å²) in [5.74, 6) is -0.262. The average Bonchev–Trinajstić information content (AvgIpc) is 2.37. The fourth-order valence-electron chi connectivity index (χ4n) is 2.47. The van der Waals surface area contributed by atoms with Crippen LogP contribution in [0.15, 0.2) is 16.7 Å². The Bertz CT molecular complexity index is 536. The van der Waals surface area contributed by atoms with Crippen molar-refractivity contribution >= 4 is 27.7 Å². The maximum atomic E-state index is 13.1. The van der Waals surface area contributed by atoms with E-state index in [1.165, 1.54) is 13.1 Å². The number of amides is 1. The molecule has 0 saturated carbocycles. The number of nitrogens with zero attached hydrogens (tertiary/aromatic N) is 2. The lowest BCUT2D eigenvalue weighted by Crippen LogP contribution is -2.48. The lowest BCUT2D eigenvalue weighted by atomic mass is 10.0. The molecular formula is C13H15BrF3N3O. The Morgan fingerprint density at radius 3 is 2.86 bits per heavy atom. The van der Waals surface area contributed by atoms with Crippen LogP contribution in [0.1, 0.15) is 25.3 Å². The molecule has 0 aromatic carbocycles. The van der Waals surface area contributed by atoms with Crippen LogP contribution in [0.2, 0.25) is 0 Å². The third kappa shape index (κ3) is 4.09. The van der Waals surface area contributed by atoms with E-state index in [4.69, 9.17) is 0 Å². The Morgan fingerprint density at radius 2 is 2.24 bits per heavy atom. The van der Waals surface area contributed by atoms with Crippen molar-refractivity contribution in [3.05, 3.63) is 22.3 Å². The lowest BCUT2D eigenvalue weighted by molar-refractivity contribution is -0.137. The number of hydrogen-bond donors (Lipinski definition) is 1. The first-order chi connectivity index (χ1) is 9.77. The Morgan fingerprint density at radius 1 is 1.52 bits per heavy atom. The minimum Gasteiger partial charge on any atom is -0.354 e. The van der Waals surface area contributed by atoms with E-state index in [2.05, 4.69) is 26.2 Å². The van der Waals surface area contributed by atoms with Gasteiger partial charge in [0.15, 0.2) is 0 Å². The number of piperidine rings is 1. The summed E-state index contributed by atoms with van der Waals surface area (Å²) in [6.45, 7) is 2.23. The van der Waals surface area contributed by atoms with Gasteiger partial charge >= 0.3 is 6.18 Å². The summed E-state index contributed by atoms with van der Waals surface area (Å²) in [4.78, 5) is 16.6. The fourth-order valence-corrected chi connectivity index (χ4v) is 2.80. The molecule has 116 valence electrons. The highest BCUT2D eigenvalue weighted by Crippen LogP contribution is 2.37. The van der Waals surface area contributed by atoms with E-state index in [9.17, 15) is 18.0 Å². The molecule has 1 fully saturated rings. The summed E-state index contributed by atoms with van der Waals surface area (Å²) in [5.41, 5.74) is -0.764. The summed E-state index contributed by atoms with van der Waals surface area (Å²) < 4.78 is 39.7. The van der Waals surface area contributed by atoms with Gasteiger partial charge in [-0.05, 0) is 34.8 Å². The highest BCUT2D eigenvalue weighted by Gasteiger charge is 2.37. The summed E-state index contributed by atoms with van der Waals surface area (Å²) in [6, 6.07) is 0.882. The molecule has 8 heteroatoms. The second kappa shape index (κ2) is 6.21. The van der Waals surface area contributed by atoms with Crippen LogP contribution in [0, 0.1) is 0 Å². The van der Waals surface area contributed by atoms with Crippen molar-refractivity contribution in [2.75, 3.05) is 18.0 Å². The van der Waals surface area contributed by atoms with Crippen LogP contribution in [0.5, 0.6) is 0 Å². The van der Waals surface area contributed by atoms with Crippen LogP contribution >= 0.6 is 15.9 Å². The molecule has 0 spiro atoms. The molecule has 1 aromatic rings. The Balaban J connectivity index is 2.27. The largest absolute Gasteiger partial charge is 0.419 e. The number of nitrogens with one attached hydrogen (secondary N) is 1. The maximum absolute atomic E-state index is 13.1. The topological polar surface area (TPSA) is 45.2 Å². The van der Waals surface area contributed by atoms with Gasteiger partial charge in [0.1, 0.15) is 5.82 Å². The van der Waals surface area contributed by atoms with Gasteiger partial charge in [0.2, 0.25) is 5.91 Å². The number of anilines is 1. The van der Waals surface area contributed by atoms with Gasteiger partial charge in [-0.15, -0.1) is 0 Å². The van der Waals surface area contributed by atoms with Crippen LogP contribution in [0.25, 0.3) is 0 Å². The Hall–Kier alpha value is -1.31. The van der Waals surface area contributed by atoms with Gasteiger partial charge in [-0.2, -0.15) is 13.2 Å². The first-order valence-electron chi connectivity index (χ1n) is 6.52. The number of hydrogen-bond acceptors (Lipinski definition) is 3. The van der Waals surface area contributed by atoms with Crippen LogP contribution in [-0.4, -0.2) is 30.0 Å². The van der Waals surface area contributed by atoms with E-state index in [1.807, 2.05) is 0 Å². The summed E-state index contributed by atoms with van der Waals surface area (Å²) in [7, 11) is 0. The second-order valence-electron chi connectivity index (χ2n) is 5.01. The van der Waals surface area contributed by atoms with Crippen molar-refractivity contribution in [2.24, 2.45) is 0 Å². The molecule has 0 aliphatic carbocycles. The predicted octanol–water partition coefficient (Wildman–Crippen LogP) is 2.97. The molecule has 21 heavy (non-hydrogen) atoms. The first kappa shape index (κ1) is 16.1. The monoisotopic (exact) mass is 365 g/mol. The highest BCUT2D eigenvalue weighted by atomic mass is 79.9. The van der Waals surface area contributed by atoms with E-state index < -0.39 is 11.7 Å². The molecule has 1 N–H and O–H groups in total. The SMILES string of the molecule is CC(=O)NC1CCCN(c2ncc(Br)cc2C(F)(F)F)C1. The van der Waals surface area contributed by atoms with Crippen molar-refractivity contribution < 1.29 is 18.0 Å². The van der Waals surface area contributed by atoms with Crippen LogP contribution in [-0.2, 0) is 11.0 Å². The van der Waals surface area contributed by atoms with Crippen LogP contribution in [0.4, 0.5) is 19.0 Å². The zero-order chi connectivity index (χ0) is 15.6. The zero-order valence-electron chi connectivity index (χ0n) is 11.4. The molecule has 1 aromatic heterocycles. The standard InChI is InChI=1S/C13H15BrF3N3O/c1-8(21)19-10-3-2-4-20(7-10)12-11(13(15,16)17)5-9(14)6-18-12/h5-6,10H,2-4,7H2,1H3,(H,19,21). The number of carbonyl (C=O) groups is 1. The van der Waals surface area contributed by atoms with E-state index >= 15 is 0 Å². The van der Waals surface area contributed by atoms with Crippen LogP contribution in [0.3, 0.4) is 0 Å². The molecule has 2 rings (SSSR count). The highest BCUT2D eigenvalue weighted by molar-refractivity contribution is 9.10.